The number of aromatic amines is 1. The third kappa shape index (κ3) is 2.43. The molecule has 0 radical (unpaired) electrons. The fourth-order valence-electron chi connectivity index (χ4n) is 2.00. The predicted octanol–water partition coefficient (Wildman–Crippen LogP) is 2.59. The molecular formula is C14H18FN3. The topological polar surface area (TPSA) is 40.7 Å². The summed E-state index contributed by atoms with van der Waals surface area (Å²) in [6.45, 7) is 4.72. The van der Waals surface area contributed by atoms with E-state index in [0.717, 1.165) is 35.5 Å². The van der Waals surface area contributed by atoms with Gasteiger partial charge in [-0.15, -0.1) is 0 Å². The third-order valence-electron chi connectivity index (χ3n) is 3.17. The molecule has 0 fully saturated rings. The Morgan fingerprint density at radius 2 is 2.11 bits per heavy atom. The molecule has 1 heterocycles. The second-order valence-electron chi connectivity index (χ2n) is 4.49. The molecule has 4 heteroatoms. The van der Waals surface area contributed by atoms with E-state index in [0.29, 0.717) is 5.56 Å². The lowest BCUT2D eigenvalue weighted by atomic mass is 10.0. The zero-order chi connectivity index (χ0) is 13.1. The average molecular weight is 247 g/mol. The Morgan fingerprint density at radius 3 is 2.78 bits per heavy atom. The van der Waals surface area contributed by atoms with Crippen molar-refractivity contribution < 1.29 is 4.39 Å². The van der Waals surface area contributed by atoms with Crippen LogP contribution in [0.1, 0.15) is 16.8 Å². The van der Waals surface area contributed by atoms with Crippen molar-refractivity contribution in [2.24, 2.45) is 0 Å². The summed E-state index contributed by atoms with van der Waals surface area (Å²) >= 11 is 0. The van der Waals surface area contributed by atoms with Crippen LogP contribution < -0.4 is 5.32 Å². The first-order chi connectivity index (χ1) is 8.63. The predicted molar refractivity (Wildman–Crippen MR) is 71.1 cm³/mol. The van der Waals surface area contributed by atoms with E-state index >= 15 is 0 Å². The monoisotopic (exact) mass is 247 g/mol. The summed E-state index contributed by atoms with van der Waals surface area (Å²) < 4.78 is 13.3. The van der Waals surface area contributed by atoms with Crippen molar-refractivity contribution >= 4 is 0 Å². The van der Waals surface area contributed by atoms with Gasteiger partial charge in [-0.2, -0.15) is 5.10 Å². The maximum atomic E-state index is 13.3. The summed E-state index contributed by atoms with van der Waals surface area (Å²) in [4.78, 5) is 0. The summed E-state index contributed by atoms with van der Waals surface area (Å²) in [5, 5.41) is 10.5. The fourth-order valence-corrected chi connectivity index (χ4v) is 2.00. The first-order valence-electron chi connectivity index (χ1n) is 6.08. The van der Waals surface area contributed by atoms with E-state index in [4.69, 9.17) is 0 Å². The lowest BCUT2D eigenvalue weighted by Crippen LogP contribution is -2.11. The van der Waals surface area contributed by atoms with E-state index in [2.05, 4.69) is 15.5 Å². The normalized spacial score (nSPS) is 10.9. The highest BCUT2D eigenvalue weighted by Crippen LogP contribution is 2.24. The van der Waals surface area contributed by atoms with E-state index < -0.39 is 0 Å². The lowest BCUT2D eigenvalue weighted by Gasteiger charge is -2.03. The molecule has 0 aliphatic rings. The Balaban J connectivity index is 2.33. The molecule has 18 heavy (non-hydrogen) atoms. The Hall–Kier alpha value is -1.68. The molecule has 0 aliphatic carbocycles. The van der Waals surface area contributed by atoms with Crippen LogP contribution in [0.4, 0.5) is 4.39 Å². The highest BCUT2D eigenvalue weighted by atomic mass is 19.1. The molecule has 1 aromatic heterocycles. The summed E-state index contributed by atoms with van der Waals surface area (Å²) in [5.74, 6) is -0.178. The maximum absolute atomic E-state index is 13.3. The quantitative estimate of drug-likeness (QED) is 0.872. The molecule has 2 aromatic rings. The number of H-pyrrole nitrogens is 1. The number of nitrogens with zero attached hydrogens (tertiary/aromatic N) is 1. The van der Waals surface area contributed by atoms with Gasteiger partial charge in [0.25, 0.3) is 0 Å². The van der Waals surface area contributed by atoms with Gasteiger partial charge in [-0.3, -0.25) is 5.10 Å². The zero-order valence-electron chi connectivity index (χ0n) is 11.0. The van der Waals surface area contributed by atoms with Crippen molar-refractivity contribution in [3.05, 3.63) is 40.8 Å². The first-order valence-corrected chi connectivity index (χ1v) is 6.08. The van der Waals surface area contributed by atoms with Crippen LogP contribution in [0.2, 0.25) is 0 Å². The summed E-state index contributed by atoms with van der Waals surface area (Å²) in [5.41, 5.74) is 4.77. The van der Waals surface area contributed by atoms with Crippen molar-refractivity contribution in [1.82, 2.24) is 15.5 Å². The molecule has 0 saturated heterocycles. The van der Waals surface area contributed by atoms with Crippen molar-refractivity contribution in [3.63, 3.8) is 0 Å². The molecule has 2 N–H and O–H groups in total. The Kier molecular flexibility index (Phi) is 3.77. The van der Waals surface area contributed by atoms with Crippen molar-refractivity contribution in [2.75, 3.05) is 13.6 Å². The minimum Gasteiger partial charge on any atom is -0.319 e. The lowest BCUT2D eigenvalue weighted by molar-refractivity contribution is 0.618. The number of nitrogens with one attached hydrogen (secondary N) is 2. The molecule has 96 valence electrons. The van der Waals surface area contributed by atoms with Crippen LogP contribution >= 0.6 is 0 Å². The van der Waals surface area contributed by atoms with Gasteiger partial charge in [-0.25, -0.2) is 4.39 Å². The molecule has 0 amide bonds. The van der Waals surface area contributed by atoms with Crippen molar-refractivity contribution in [3.8, 4) is 11.3 Å². The zero-order valence-corrected chi connectivity index (χ0v) is 11.0. The SMILES string of the molecule is CNCCc1[nH]nc(-c2ccc(F)c(C)c2)c1C. The minimum absolute atomic E-state index is 0.178. The molecule has 0 bridgehead atoms. The van der Waals surface area contributed by atoms with Gasteiger partial charge in [-0.05, 0) is 50.2 Å². The molecule has 2 rings (SSSR count). The fraction of sp³-hybridized carbons (Fsp3) is 0.357. The summed E-state index contributed by atoms with van der Waals surface area (Å²) in [6.07, 6.45) is 0.912. The van der Waals surface area contributed by atoms with Gasteiger partial charge < -0.3 is 5.32 Å². The smallest absolute Gasteiger partial charge is 0.126 e. The number of hydrogen-bond donors (Lipinski definition) is 2. The number of likely N-dealkylation sites (N-methyl/N-ethyl adjacent to an activating group) is 1. The molecule has 1 aromatic carbocycles. The van der Waals surface area contributed by atoms with Gasteiger partial charge in [0, 0.05) is 24.2 Å². The number of benzene rings is 1. The number of halogens is 1. The number of rotatable bonds is 4. The highest BCUT2D eigenvalue weighted by molar-refractivity contribution is 5.64. The van der Waals surface area contributed by atoms with E-state index in [1.165, 1.54) is 6.07 Å². The van der Waals surface area contributed by atoms with Crippen LogP contribution in [0.3, 0.4) is 0 Å². The van der Waals surface area contributed by atoms with E-state index in [1.807, 2.05) is 20.0 Å². The van der Waals surface area contributed by atoms with Crippen LogP contribution in [0.25, 0.3) is 11.3 Å². The molecule has 0 unspecified atom stereocenters. The molecular weight excluding hydrogens is 229 g/mol. The first kappa shape index (κ1) is 12.8. The highest BCUT2D eigenvalue weighted by Gasteiger charge is 2.11. The molecule has 0 spiro atoms. The Morgan fingerprint density at radius 1 is 1.33 bits per heavy atom. The van der Waals surface area contributed by atoms with Crippen LogP contribution in [-0.2, 0) is 6.42 Å². The number of hydrogen-bond acceptors (Lipinski definition) is 2. The summed E-state index contributed by atoms with van der Waals surface area (Å²) in [6, 6.07) is 5.10. The van der Waals surface area contributed by atoms with Gasteiger partial charge >= 0.3 is 0 Å². The van der Waals surface area contributed by atoms with E-state index in [9.17, 15) is 4.39 Å². The van der Waals surface area contributed by atoms with Crippen LogP contribution in [0, 0.1) is 19.7 Å². The van der Waals surface area contributed by atoms with Gasteiger partial charge in [0.15, 0.2) is 0 Å². The minimum atomic E-state index is -0.178. The average Bonchev–Trinajstić information content (AvgIpc) is 2.72. The second-order valence-corrected chi connectivity index (χ2v) is 4.49. The molecule has 3 nitrogen and oxygen atoms in total. The standard InChI is InChI=1S/C14H18FN3/c1-9-8-11(4-5-12(9)15)14-10(2)13(17-18-14)6-7-16-3/h4-5,8,16H,6-7H2,1-3H3,(H,17,18). The van der Waals surface area contributed by atoms with Crippen LogP contribution in [0.15, 0.2) is 18.2 Å². The van der Waals surface area contributed by atoms with Gasteiger partial charge in [0.1, 0.15) is 5.82 Å². The van der Waals surface area contributed by atoms with E-state index in [-0.39, 0.29) is 5.82 Å². The largest absolute Gasteiger partial charge is 0.319 e. The number of aryl methyl sites for hydroxylation is 1. The second kappa shape index (κ2) is 5.31. The van der Waals surface area contributed by atoms with Crippen molar-refractivity contribution in [1.29, 1.82) is 0 Å². The van der Waals surface area contributed by atoms with Gasteiger partial charge in [0.2, 0.25) is 0 Å². The third-order valence-corrected chi connectivity index (χ3v) is 3.17. The van der Waals surface area contributed by atoms with E-state index in [1.54, 1.807) is 13.0 Å². The molecule has 0 aliphatic heterocycles. The van der Waals surface area contributed by atoms with Crippen molar-refractivity contribution in [2.45, 2.75) is 20.3 Å². The van der Waals surface area contributed by atoms with Gasteiger partial charge in [-0.1, -0.05) is 0 Å². The van der Waals surface area contributed by atoms with Gasteiger partial charge in [0.05, 0.1) is 5.69 Å². The summed E-state index contributed by atoms with van der Waals surface area (Å²) in [7, 11) is 1.93. The maximum Gasteiger partial charge on any atom is 0.126 e. The Labute approximate surface area is 106 Å². The Bertz CT molecular complexity index is 546. The van der Waals surface area contributed by atoms with Crippen LogP contribution in [-0.4, -0.2) is 23.8 Å². The molecule has 0 atom stereocenters. The number of aromatic nitrogens is 2. The molecule has 0 saturated carbocycles. The van der Waals surface area contributed by atoms with Crippen LogP contribution in [0.5, 0.6) is 0 Å².